The molecule has 2 heterocycles. The minimum absolute atomic E-state index is 0.0369. The standard InChI is InChI=1S/C23H25ClFN5O2/c1-29(2)22(13-31)30-9-7-16(8-10-30)32-17-4-6-21-18(12-17)23(27-14-26-21)28-15-3-5-20(25)19(24)11-15/h3-6,11-14,16,22H,7-10H2,1-2H3,(H,26,27,28). The molecule has 0 saturated carbocycles. The van der Waals surface area contributed by atoms with Gasteiger partial charge in [-0.2, -0.15) is 0 Å². The van der Waals surface area contributed by atoms with E-state index in [9.17, 15) is 9.18 Å². The number of piperidine rings is 1. The number of likely N-dealkylation sites (N-methyl/N-ethyl adjacent to an activating group) is 1. The minimum Gasteiger partial charge on any atom is -0.490 e. The van der Waals surface area contributed by atoms with Crippen molar-refractivity contribution in [3.63, 3.8) is 0 Å². The van der Waals surface area contributed by atoms with Gasteiger partial charge in [-0.25, -0.2) is 14.4 Å². The van der Waals surface area contributed by atoms with E-state index in [1.807, 2.05) is 37.2 Å². The lowest BCUT2D eigenvalue weighted by molar-refractivity contribution is -0.118. The topological polar surface area (TPSA) is 70.6 Å². The number of rotatable bonds is 7. The summed E-state index contributed by atoms with van der Waals surface area (Å²) >= 11 is 5.90. The molecule has 0 spiro atoms. The van der Waals surface area contributed by atoms with Crippen LogP contribution in [0.25, 0.3) is 10.9 Å². The van der Waals surface area contributed by atoms with Gasteiger partial charge >= 0.3 is 0 Å². The van der Waals surface area contributed by atoms with Crippen LogP contribution in [-0.2, 0) is 4.79 Å². The van der Waals surface area contributed by atoms with Crippen molar-refractivity contribution in [2.24, 2.45) is 0 Å². The highest BCUT2D eigenvalue weighted by atomic mass is 35.5. The number of hydrogen-bond acceptors (Lipinski definition) is 7. The van der Waals surface area contributed by atoms with Gasteiger partial charge in [-0.15, -0.1) is 0 Å². The zero-order valence-corrected chi connectivity index (χ0v) is 18.7. The van der Waals surface area contributed by atoms with Crippen molar-refractivity contribution >= 4 is 40.3 Å². The number of halogens is 2. The molecule has 168 valence electrons. The lowest BCUT2D eigenvalue weighted by Gasteiger charge is -2.37. The molecular formula is C23H25ClFN5O2. The number of carbonyl (C=O) groups is 1. The number of ether oxygens (including phenoxy) is 1. The SMILES string of the molecule is CN(C)C(C=O)N1CCC(Oc2ccc3ncnc(Nc4ccc(F)c(Cl)c4)c3c2)CC1. The van der Waals surface area contributed by atoms with Crippen LogP contribution in [0.3, 0.4) is 0 Å². The fraction of sp³-hybridized carbons (Fsp3) is 0.348. The van der Waals surface area contributed by atoms with Gasteiger partial charge in [0.25, 0.3) is 0 Å². The van der Waals surface area contributed by atoms with Crippen molar-refractivity contribution in [3.05, 3.63) is 53.6 Å². The normalized spacial score (nSPS) is 16.3. The smallest absolute Gasteiger partial charge is 0.151 e. The van der Waals surface area contributed by atoms with Gasteiger partial charge in [0, 0.05) is 24.2 Å². The Balaban J connectivity index is 1.48. The first-order valence-electron chi connectivity index (χ1n) is 10.4. The predicted molar refractivity (Wildman–Crippen MR) is 123 cm³/mol. The summed E-state index contributed by atoms with van der Waals surface area (Å²) in [4.78, 5) is 24.1. The highest BCUT2D eigenvalue weighted by Crippen LogP contribution is 2.29. The molecule has 1 unspecified atom stereocenters. The molecule has 0 radical (unpaired) electrons. The van der Waals surface area contributed by atoms with Crippen molar-refractivity contribution in [3.8, 4) is 5.75 Å². The van der Waals surface area contributed by atoms with Crippen molar-refractivity contribution in [2.75, 3.05) is 32.5 Å². The molecule has 3 aromatic rings. The zero-order chi connectivity index (χ0) is 22.7. The summed E-state index contributed by atoms with van der Waals surface area (Å²) in [6.07, 6.45) is 3.98. The van der Waals surface area contributed by atoms with E-state index in [-0.39, 0.29) is 17.3 Å². The number of anilines is 2. The summed E-state index contributed by atoms with van der Waals surface area (Å²) in [7, 11) is 3.81. The van der Waals surface area contributed by atoms with Crippen LogP contribution < -0.4 is 10.1 Å². The average Bonchev–Trinajstić information content (AvgIpc) is 2.78. The molecule has 32 heavy (non-hydrogen) atoms. The molecule has 0 aliphatic carbocycles. The van der Waals surface area contributed by atoms with Crippen LogP contribution in [-0.4, -0.2) is 65.5 Å². The second-order valence-corrected chi connectivity index (χ2v) is 8.43. The van der Waals surface area contributed by atoms with E-state index in [2.05, 4.69) is 20.2 Å². The van der Waals surface area contributed by atoms with Crippen LogP contribution in [0.5, 0.6) is 5.75 Å². The van der Waals surface area contributed by atoms with Crippen molar-refractivity contribution in [1.82, 2.24) is 19.8 Å². The van der Waals surface area contributed by atoms with Gasteiger partial charge < -0.3 is 14.8 Å². The zero-order valence-electron chi connectivity index (χ0n) is 18.0. The van der Waals surface area contributed by atoms with E-state index >= 15 is 0 Å². The Morgan fingerprint density at radius 3 is 2.69 bits per heavy atom. The third kappa shape index (κ3) is 4.98. The molecule has 0 bridgehead atoms. The lowest BCUT2D eigenvalue weighted by atomic mass is 10.1. The fourth-order valence-corrected chi connectivity index (χ4v) is 4.08. The number of aromatic nitrogens is 2. The molecule has 0 amide bonds. The summed E-state index contributed by atoms with van der Waals surface area (Å²) in [5.41, 5.74) is 1.39. The first kappa shape index (κ1) is 22.4. The molecule has 1 atom stereocenters. The summed E-state index contributed by atoms with van der Waals surface area (Å²) in [5.74, 6) is 0.833. The van der Waals surface area contributed by atoms with Gasteiger partial charge in [0.05, 0.1) is 10.5 Å². The molecule has 1 N–H and O–H groups in total. The largest absolute Gasteiger partial charge is 0.490 e. The Kier molecular flexibility index (Phi) is 6.83. The van der Waals surface area contributed by atoms with E-state index in [1.54, 1.807) is 6.07 Å². The van der Waals surface area contributed by atoms with Crippen LogP contribution in [0.2, 0.25) is 5.02 Å². The van der Waals surface area contributed by atoms with E-state index < -0.39 is 5.82 Å². The maximum atomic E-state index is 13.5. The average molecular weight is 458 g/mol. The van der Waals surface area contributed by atoms with Gasteiger partial charge in [-0.3, -0.25) is 9.80 Å². The number of hydrogen-bond donors (Lipinski definition) is 1. The summed E-state index contributed by atoms with van der Waals surface area (Å²) in [5, 5.41) is 4.00. The number of likely N-dealkylation sites (tertiary alicyclic amines) is 1. The van der Waals surface area contributed by atoms with Gasteiger partial charge in [-0.1, -0.05) is 11.6 Å². The Hall–Kier alpha value is -2.81. The second kappa shape index (κ2) is 9.77. The Labute approximate surface area is 191 Å². The molecule has 1 aliphatic rings. The number of carbonyl (C=O) groups excluding carboxylic acids is 1. The number of benzene rings is 2. The molecule has 4 rings (SSSR count). The summed E-state index contributed by atoms with van der Waals surface area (Å²) < 4.78 is 19.7. The number of fused-ring (bicyclic) bond motifs is 1. The van der Waals surface area contributed by atoms with Crippen LogP contribution >= 0.6 is 11.6 Å². The molecule has 1 aromatic heterocycles. The van der Waals surface area contributed by atoms with Crippen LogP contribution in [0, 0.1) is 5.82 Å². The lowest BCUT2D eigenvalue weighted by Crippen LogP contribution is -2.50. The monoisotopic (exact) mass is 457 g/mol. The van der Waals surface area contributed by atoms with E-state index in [1.165, 1.54) is 18.5 Å². The van der Waals surface area contributed by atoms with Crippen LogP contribution in [0.15, 0.2) is 42.7 Å². The molecule has 1 fully saturated rings. The molecular weight excluding hydrogens is 433 g/mol. The minimum atomic E-state index is -0.475. The highest BCUT2D eigenvalue weighted by Gasteiger charge is 2.27. The van der Waals surface area contributed by atoms with Crippen LogP contribution in [0.1, 0.15) is 12.8 Å². The van der Waals surface area contributed by atoms with E-state index in [0.717, 1.165) is 48.9 Å². The number of nitrogens with one attached hydrogen (secondary N) is 1. The summed E-state index contributed by atoms with van der Waals surface area (Å²) in [6.45, 7) is 1.59. The number of aldehydes is 1. The van der Waals surface area contributed by atoms with Gasteiger partial charge in [0.2, 0.25) is 0 Å². The Bertz CT molecular complexity index is 1100. The quantitative estimate of drug-likeness (QED) is 0.535. The van der Waals surface area contributed by atoms with Crippen molar-refractivity contribution in [1.29, 1.82) is 0 Å². The third-order valence-corrected chi connectivity index (χ3v) is 5.88. The van der Waals surface area contributed by atoms with Crippen LogP contribution in [0.4, 0.5) is 15.9 Å². The summed E-state index contributed by atoms with van der Waals surface area (Å²) in [6, 6.07) is 10.1. The third-order valence-electron chi connectivity index (χ3n) is 5.59. The van der Waals surface area contributed by atoms with E-state index in [4.69, 9.17) is 16.3 Å². The molecule has 1 aliphatic heterocycles. The maximum absolute atomic E-state index is 13.5. The first-order valence-corrected chi connectivity index (χ1v) is 10.8. The number of nitrogens with zero attached hydrogens (tertiary/aromatic N) is 4. The molecule has 9 heteroatoms. The van der Waals surface area contributed by atoms with Crippen molar-refractivity contribution < 1.29 is 13.9 Å². The molecule has 2 aromatic carbocycles. The second-order valence-electron chi connectivity index (χ2n) is 8.02. The van der Waals surface area contributed by atoms with Gasteiger partial charge in [0.1, 0.15) is 36.0 Å². The Morgan fingerprint density at radius 2 is 2.00 bits per heavy atom. The molecule has 7 nitrogen and oxygen atoms in total. The maximum Gasteiger partial charge on any atom is 0.151 e. The van der Waals surface area contributed by atoms with E-state index in [0.29, 0.717) is 11.5 Å². The van der Waals surface area contributed by atoms with Gasteiger partial charge in [-0.05, 0) is 63.3 Å². The van der Waals surface area contributed by atoms with Crippen molar-refractivity contribution in [2.45, 2.75) is 25.1 Å². The predicted octanol–water partition coefficient (Wildman–Crippen LogP) is 4.10. The highest BCUT2D eigenvalue weighted by molar-refractivity contribution is 6.31. The Morgan fingerprint density at radius 1 is 1.22 bits per heavy atom. The molecule has 1 saturated heterocycles. The first-order chi connectivity index (χ1) is 15.4. The van der Waals surface area contributed by atoms with Gasteiger partial charge in [0.15, 0.2) is 6.29 Å². The fourth-order valence-electron chi connectivity index (χ4n) is 3.90.